The molecule has 2 rings (SSSR count). The number of carbonyl (C=O) groups excluding carboxylic acids is 1. The maximum absolute atomic E-state index is 12.1. The average Bonchev–Trinajstić information content (AvgIpc) is 2.89. The van der Waals surface area contributed by atoms with Gasteiger partial charge in [0.25, 0.3) is 5.91 Å². The van der Waals surface area contributed by atoms with Gasteiger partial charge in [-0.3, -0.25) is 19.6 Å². The molecule has 21 heavy (non-hydrogen) atoms. The van der Waals surface area contributed by atoms with Crippen LogP contribution in [-0.2, 0) is 13.6 Å². The molecular formula is C13H15N5O3. The second-order valence-corrected chi connectivity index (χ2v) is 4.41. The first kappa shape index (κ1) is 14.5. The molecular weight excluding hydrogens is 274 g/mol. The molecule has 0 aliphatic heterocycles. The molecule has 0 spiro atoms. The number of aromatic nitrogens is 2. The molecule has 1 heterocycles. The number of nitrogens with one attached hydrogen (secondary N) is 2. The Morgan fingerprint density at radius 2 is 2.24 bits per heavy atom. The lowest BCUT2D eigenvalue weighted by molar-refractivity contribution is -0.384. The summed E-state index contributed by atoms with van der Waals surface area (Å²) in [4.78, 5) is 22.7. The number of carbonyl (C=O) groups is 1. The first-order valence-electron chi connectivity index (χ1n) is 6.23. The van der Waals surface area contributed by atoms with Crippen molar-refractivity contribution in [3.8, 4) is 0 Å². The molecule has 110 valence electrons. The van der Waals surface area contributed by atoms with Crippen LogP contribution in [0.2, 0.25) is 0 Å². The van der Waals surface area contributed by atoms with Crippen molar-refractivity contribution in [1.29, 1.82) is 0 Å². The average molecular weight is 289 g/mol. The normalized spacial score (nSPS) is 10.2. The van der Waals surface area contributed by atoms with E-state index in [1.807, 2.05) is 0 Å². The fourth-order valence-corrected chi connectivity index (χ4v) is 1.97. The van der Waals surface area contributed by atoms with E-state index in [2.05, 4.69) is 15.7 Å². The predicted octanol–water partition coefficient (Wildman–Crippen LogP) is 1.30. The minimum atomic E-state index is -0.565. The van der Waals surface area contributed by atoms with E-state index in [0.717, 1.165) is 5.56 Å². The minimum absolute atomic E-state index is 0.0238. The summed E-state index contributed by atoms with van der Waals surface area (Å²) in [6, 6.07) is 4.57. The van der Waals surface area contributed by atoms with Crippen molar-refractivity contribution in [2.24, 2.45) is 7.05 Å². The van der Waals surface area contributed by atoms with Gasteiger partial charge in [-0.05, 0) is 12.1 Å². The molecule has 1 amide bonds. The molecule has 0 fully saturated rings. The number of nitrogens with zero attached hydrogens (tertiary/aromatic N) is 3. The summed E-state index contributed by atoms with van der Waals surface area (Å²) in [6.45, 7) is 0.258. The SMILES string of the molecule is CNc1cccc(C(=O)NCc2cnn(C)c2)c1[N+](=O)[O-]. The number of hydrogen-bond donors (Lipinski definition) is 2. The first-order chi connectivity index (χ1) is 10.0. The molecule has 1 aromatic carbocycles. The number of para-hydroxylation sites is 1. The Morgan fingerprint density at radius 3 is 2.81 bits per heavy atom. The third-order valence-electron chi connectivity index (χ3n) is 2.94. The van der Waals surface area contributed by atoms with Crippen molar-refractivity contribution in [2.75, 3.05) is 12.4 Å². The number of anilines is 1. The van der Waals surface area contributed by atoms with Gasteiger partial charge in [-0.15, -0.1) is 0 Å². The number of amides is 1. The Morgan fingerprint density at radius 1 is 1.48 bits per heavy atom. The van der Waals surface area contributed by atoms with E-state index >= 15 is 0 Å². The zero-order valence-corrected chi connectivity index (χ0v) is 11.7. The quantitative estimate of drug-likeness (QED) is 0.638. The van der Waals surface area contributed by atoms with E-state index in [9.17, 15) is 14.9 Å². The number of aryl methyl sites for hydroxylation is 1. The van der Waals surface area contributed by atoms with Crippen LogP contribution in [0, 0.1) is 10.1 Å². The van der Waals surface area contributed by atoms with Gasteiger partial charge in [0.05, 0.1) is 11.1 Å². The van der Waals surface area contributed by atoms with Crippen LogP contribution in [0.15, 0.2) is 30.6 Å². The highest BCUT2D eigenvalue weighted by atomic mass is 16.6. The van der Waals surface area contributed by atoms with Gasteiger partial charge in [0, 0.05) is 32.4 Å². The van der Waals surface area contributed by atoms with Crippen molar-refractivity contribution in [3.05, 3.63) is 51.8 Å². The summed E-state index contributed by atoms with van der Waals surface area (Å²) in [5, 5.41) is 20.5. The van der Waals surface area contributed by atoms with E-state index in [-0.39, 0.29) is 17.8 Å². The lowest BCUT2D eigenvalue weighted by Crippen LogP contribution is -2.23. The van der Waals surface area contributed by atoms with Crippen LogP contribution in [0.4, 0.5) is 11.4 Å². The maximum Gasteiger partial charge on any atom is 0.305 e. The van der Waals surface area contributed by atoms with Gasteiger partial charge in [-0.1, -0.05) is 6.07 Å². The van der Waals surface area contributed by atoms with Gasteiger partial charge in [0.2, 0.25) is 0 Å². The third-order valence-corrected chi connectivity index (χ3v) is 2.94. The van der Waals surface area contributed by atoms with Crippen molar-refractivity contribution in [3.63, 3.8) is 0 Å². The number of hydrogen-bond acceptors (Lipinski definition) is 5. The Bertz CT molecular complexity index is 680. The molecule has 2 aromatic rings. The number of benzene rings is 1. The van der Waals surface area contributed by atoms with Crippen molar-refractivity contribution in [1.82, 2.24) is 15.1 Å². The van der Waals surface area contributed by atoms with Crippen LogP contribution in [0.5, 0.6) is 0 Å². The molecule has 8 nitrogen and oxygen atoms in total. The van der Waals surface area contributed by atoms with E-state index in [0.29, 0.717) is 5.69 Å². The van der Waals surface area contributed by atoms with Crippen molar-refractivity contribution >= 4 is 17.3 Å². The van der Waals surface area contributed by atoms with Gasteiger partial charge >= 0.3 is 5.69 Å². The van der Waals surface area contributed by atoms with Crippen molar-refractivity contribution in [2.45, 2.75) is 6.54 Å². The largest absolute Gasteiger partial charge is 0.383 e. The van der Waals surface area contributed by atoms with Crippen LogP contribution in [0.3, 0.4) is 0 Å². The lowest BCUT2D eigenvalue weighted by atomic mass is 10.1. The summed E-state index contributed by atoms with van der Waals surface area (Å²) in [7, 11) is 3.34. The highest BCUT2D eigenvalue weighted by Gasteiger charge is 2.23. The van der Waals surface area contributed by atoms with Gasteiger partial charge in [0.1, 0.15) is 11.3 Å². The van der Waals surface area contributed by atoms with Crippen LogP contribution in [0.25, 0.3) is 0 Å². The summed E-state index contributed by atoms with van der Waals surface area (Å²) in [5.74, 6) is -0.498. The molecule has 0 atom stereocenters. The molecule has 0 saturated heterocycles. The molecule has 0 unspecified atom stereocenters. The van der Waals surface area contributed by atoms with Gasteiger partial charge in [-0.2, -0.15) is 5.10 Å². The van der Waals surface area contributed by atoms with Crippen LogP contribution in [-0.4, -0.2) is 27.7 Å². The fraction of sp³-hybridized carbons (Fsp3) is 0.231. The summed E-state index contributed by atoms with van der Waals surface area (Å²) >= 11 is 0. The summed E-state index contributed by atoms with van der Waals surface area (Å²) in [6.07, 6.45) is 3.39. The second-order valence-electron chi connectivity index (χ2n) is 4.41. The monoisotopic (exact) mass is 289 g/mol. The third kappa shape index (κ3) is 3.16. The van der Waals surface area contributed by atoms with Crippen LogP contribution < -0.4 is 10.6 Å². The summed E-state index contributed by atoms with van der Waals surface area (Å²) < 4.78 is 1.62. The van der Waals surface area contributed by atoms with Gasteiger partial charge in [0.15, 0.2) is 0 Å². The Labute approximate surface area is 120 Å². The number of nitro benzene ring substituents is 1. The van der Waals surface area contributed by atoms with Crippen molar-refractivity contribution < 1.29 is 9.72 Å². The topological polar surface area (TPSA) is 102 Å². The first-order valence-corrected chi connectivity index (χ1v) is 6.23. The molecule has 0 aliphatic carbocycles. The molecule has 0 radical (unpaired) electrons. The molecule has 0 bridgehead atoms. The minimum Gasteiger partial charge on any atom is -0.383 e. The Kier molecular flexibility index (Phi) is 4.17. The molecule has 1 aromatic heterocycles. The van der Waals surface area contributed by atoms with Crippen LogP contribution >= 0.6 is 0 Å². The zero-order chi connectivity index (χ0) is 15.4. The number of rotatable bonds is 5. The fourth-order valence-electron chi connectivity index (χ4n) is 1.97. The van der Waals surface area contributed by atoms with E-state index < -0.39 is 10.8 Å². The molecule has 2 N–H and O–H groups in total. The highest BCUT2D eigenvalue weighted by Crippen LogP contribution is 2.28. The van der Waals surface area contributed by atoms with Crippen LogP contribution in [0.1, 0.15) is 15.9 Å². The summed E-state index contributed by atoms with van der Waals surface area (Å²) in [5.41, 5.74) is 0.909. The Hall–Kier alpha value is -2.90. The van der Waals surface area contributed by atoms with E-state index in [1.165, 1.54) is 6.07 Å². The predicted molar refractivity (Wildman–Crippen MR) is 77.0 cm³/mol. The zero-order valence-electron chi connectivity index (χ0n) is 11.7. The van der Waals surface area contributed by atoms with Gasteiger partial charge < -0.3 is 10.6 Å². The van der Waals surface area contributed by atoms with Gasteiger partial charge in [-0.25, -0.2) is 0 Å². The highest BCUT2D eigenvalue weighted by molar-refractivity contribution is 6.00. The standard InChI is InChI=1S/C13H15N5O3/c1-14-11-5-3-4-10(12(11)18(20)21)13(19)15-6-9-7-16-17(2)8-9/h3-5,7-8,14H,6H2,1-2H3,(H,15,19). The maximum atomic E-state index is 12.1. The second kappa shape index (κ2) is 6.04. The molecule has 8 heteroatoms. The van der Waals surface area contributed by atoms with E-state index in [1.54, 1.807) is 43.3 Å². The Balaban J connectivity index is 2.20. The molecule has 0 saturated carbocycles. The number of nitro groups is 1. The smallest absolute Gasteiger partial charge is 0.305 e. The molecule has 0 aliphatic rings. The lowest BCUT2D eigenvalue weighted by Gasteiger charge is -2.07. The van der Waals surface area contributed by atoms with E-state index in [4.69, 9.17) is 0 Å².